The lowest BCUT2D eigenvalue weighted by molar-refractivity contribution is 0.173. The number of aromatic nitrogens is 2. The molecule has 1 aromatic rings. The van der Waals surface area contributed by atoms with Crippen LogP contribution in [-0.4, -0.2) is 30.0 Å². The maximum Gasteiger partial charge on any atom is 0.0736 e. The van der Waals surface area contributed by atoms with Crippen LogP contribution in [0.3, 0.4) is 0 Å². The fraction of sp³-hybridized carbons (Fsp3) is 0.786. The summed E-state index contributed by atoms with van der Waals surface area (Å²) < 4.78 is 7.47. The number of ether oxygens (including phenoxy) is 1. The van der Waals surface area contributed by atoms with Gasteiger partial charge in [0.25, 0.3) is 0 Å². The Kier molecular flexibility index (Phi) is 3.66. The summed E-state index contributed by atoms with van der Waals surface area (Å²) in [5.41, 5.74) is 2.62. The highest BCUT2D eigenvalue weighted by Gasteiger charge is 2.24. The van der Waals surface area contributed by atoms with E-state index in [1.54, 1.807) is 7.11 Å². The molecule has 0 bridgehead atoms. The summed E-state index contributed by atoms with van der Waals surface area (Å²) in [6, 6.07) is 0. The van der Waals surface area contributed by atoms with Crippen LogP contribution in [0.4, 0.5) is 0 Å². The van der Waals surface area contributed by atoms with Crippen molar-refractivity contribution in [3.8, 4) is 0 Å². The molecule has 0 radical (unpaired) electrons. The molecule has 1 saturated carbocycles. The smallest absolute Gasteiger partial charge is 0.0736 e. The molecule has 4 nitrogen and oxygen atoms in total. The van der Waals surface area contributed by atoms with Gasteiger partial charge in [0, 0.05) is 44.4 Å². The molecule has 0 aromatic carbocycles. The first-order valence-electron chi connectivity index (χ1n) is 7.12. The third-order valence-electron chi connectivity index (χ3n) is 4.25. The molecule has 1 aliphatic carbocycles. The van der Waals surface area contributed by atoms with Gasteiger partial charge in [-0.15, -0.1) is 0 Å². The van der Waals surface area contributed by atoms with Crippen LogP contribution in [0, 0.1) is 5.92 Å². The molecule has 18 heavy (non-hydrogen) atoms. The number of nitrogens with zero attached hydrogens (tertiary/aromatic N) is 2. The number of methoxy groups -OCH3 is 1. The molecular formula is C14H23N3O. The van der Waals surface area contributed by atoms with E-state index in [4.69, 9.17) is 9.84 Å². The van der Waals surface area contributed by atoms with Gasteiger partial charge in [-0.25, -0.2) is 0 Å². The minimum atomic E-state index is 0.420. The Bertz CT molecular complexity index is 396. The molecule has 1 aromatic heterocycles. The van der Waals surface area contributed by atoms with E-state index in [-0.39, 0.29) is 0 Å². The Morgan fingerprint density at radius 2 is 2.28 bits per heavy atom. The van der Waals surface area contributed by atoms with Gasteiger partial charge in [-0.1, -0.05) is 12.8 Å². The lowest BCUT2D eigenvalue weighted by Gasteiger charge is -2.21. The van der Waals surface area contributed by atoms with Gasteiger partial charge in [-0.3, -0.25) is 4.68 Å². The van der Waals surface area contributed by atoms with Crippen molar-refractivity contribution in [3.63, 3.8) is 0 Å². The van der Waals surface area contributed by atoms with E-state index in [1.165, 1.54) is 36.9 Å². The van der Waals surface area contributed by atoms with Crippen LogP contribution < -0.4 is 5.32 Å². The maximum absolute atomic E-state index is 5.29. The van der Waals surface area contributed by atoms with Crippen molar-refractivity contribution in [3.05, 3.63) is 17.5 Å². The quantitative estimate of drug-likeness (QED) is 0.886. The SMILES string of the molecule is COCC1CNCc2cn(CC3CCCC3)nc21. The van der Waals surface area contributed by atoms with E-state index < -0.39 is 0 Å². The molecule has 100 valence electrons. The van der Waals surface area contributed by atoms with Crippen molar-refractivity contribution in [2.75, 3.05) is 20.3 Å². The Morgan fingerprint density at radius 1 is 1.44 bits per heavy atom. The molecule has 0 spiro atoms. The average molecular weight is 249 g/mol. The summed E-state index contributed by atoms with van der Waals surface area (Å²) in [7, 11) is 1.77. The Hall–Kier alpha value is -0.870. The molecule has 3 rings (SSSR count). The summed E-state index contributed by atoms with van der Waals surface area (Å²) in [6.07, 6.45) is 7.80. The van der Waals surface area contributed by atoms with Gasteiger partial charge in [0.2, 0.25) is 0 Å². The fourth-order valence-electron chi connectivity index (χ4n) is 3.33. The van der Waals surface area contributed by atoms with Gasteiger partial charge in [0.15, 0.2) is 0 Å². The van der Waals surface area contributed by atoms with Crippen molar-refractivity contribution >= 4 is 0 Å². The van der Waals surface area contributed by atoms with Gasteiger partial charge < -0.3 is 10.1 Å². The van der Waals surface area contributed by atoms with Gasteiger partial charge in [0.05, 0.1) is 12.3 Å². The third kappa shape index (κ3) is 2.45. The highest BCUT2D eigenvalue weighted by Crippen LogP contribution is 2.28. The molecule has 4 heteroatoms. The van der Waals surface area contributed by atoms with E-state index in [2.05, 4.69) is 16.2 Å². The second-order valence-electron chi connectivity index (χ2n) is 5.70. The van der Waals surface area contributed by atoms with Crippen LogP contribution >= 0.6 is 0 Å². The van der Waals surface area contributed by atoms with Crippen molar-refractivity contribution < 1.29 is 4.74 Å². The van der Waals surface area contributed by atoms with Crippen LogP contribution in [0.15, 0.2) is 6.20 Å². The van der Waals surface area contributed by atoms with E-state index in [9.17, 15) is 0 Å². The van der Waals surface area contributed by atoms with Crippen molar-refractivity contribution in [2.45, 2.75) is 44.7 Å². The fourth-order valence-corrected chi connectivity index (χ4v) is 3.33. The first-order valence-corrected chi connectivity index (χ1v) is 7.12. The highest BCUT2D eigenvalue weighted by atomic mass is 16.5. The number of hydrogen-bond donors (Lipinski definition) is 1. The largest absolute Gasteiger partial charge is 0.384 e. The number of hydrogen-bond acceptors (Lipinski definition) is 3. The standard InChI is InChI=1S/C14H23N3O/c1-18-10-13-7-15-6-12-9-17(16-14(12)13)8-11-4-2-3-5-11/h9,11,13,15H,2-8,10H2,1H3. The first kappa shape index (κ1) is 12.2. The summed E-state index contributed by atoms with van der Waals surface area (Å²) >= 11 is 0. The topological polar surface area (TPSA) is 39.1 Å². The zero-order valence-electron chi connectivity index (χ0n) is 11.2. The molecule has 1 atom stereocenters. The van der Waals surface area contributed by atoms with Crippen LogP contribution in [0.5, 0.6) is 0 Å². The van der Waals surface area contributed by atoms with Gasteiger partial charge in [-0.2, -0.15) is 5.10 Å². The van der Waals surface area contributed by atoms with Crippen molar-refractivity contribution in [1.82, 2.24) is 15.1 Å². The molecular weight excluding hydrogens is 226 g/mol. The van der Waals surface area contributed by atoms with Crippen molar-refractivity contribution in [1.29, 1.82) is 0 Å². The first-order chi connectivity index (χ1) is 8.86. The Morgan fingerprint density at radius 3 is 3.06 bits per heavy atom. The van der Waals surface area contributed by atoms with E-state index >= 15 is 0 Å². The molecule has 1 aliphatic heterocycles. The molecule has 0 amide bonds. The summed E-state index contributed by atoms with van der Waals surface area (Å²) in [5.74, 6) is 1.27. The van der Waals surface area contributed by atoms with Crippen LogP contribution in [-0.2, 0) is 17.8 Å². The number of fused-ring (bicyclic) bond motifs is 1. The van der Waals surface area contributed by atoms with Crippen LogP contribution in [0.25, 0.3) is 0 Å². The van der Waals surface area contributed by atoms with Gasteiger partial charge in [-0.05, 0) is 18.8 Å². The normalized spacial score (nSPS) is 24.4. The van der Waals surface area contributed by atoms with E-state index in [0.717, 1.165) is 32.2 Å². The second kappa shape index (κ2) is 5.41. The lowest BCUT2D eigenvalue weighted by atomic mass is 9.99. The number of rotatable bonds is 4. The highest BCUT2D eigenvalue weighted by molar-refractivity contribution is 5.24. The lowest BCUT2D eigenvalue weighted by Crippen LogP contribution is -2.30. The van der Waals surface area contributed by atoms with Crippen LogP contribution in [0.2, 0.25) is 0 Å². The monoisotopic (exact) mass is 249 g/mol. The minimum absolute atomic E-state index is 0.420. The second-order valence-corrected chi connectivity index (χ2v) is 5.70. The van der Waals surface area contributed by atoms with E-state index in [0.29, 0.717) is 5.92 Å². The third-order valence-corrected chi connectivity index (χ3v) is 4.25. The molecule has 1 N–H and O–H groups in total. The van der Waals surface area contributed by atoms with Crippen LogP contribution in [0.1, 0.15) is 42.9 Å². The van der Waals surface area contributed by atoms with E-state index in [1.807, 2.05) is 0 Å². The predicted octanol–water partition coefficient (Wildman–Crippen LogP) is 1.91. The van der Waals surface area contributed by atoms with Gasteiger partial charge in [0.1, 0.15) is 0 Å². The molecule has 2 heterocycles. The molecule has 1 fully saturated rings. The predicted molar refractivity (Wildman–Crippen MR) is 70.5 cm³/mol. The minimum Gasteiger partial charge on any atom is -0.384 e. The summed E-state index contributed by atoms with van der Waals surface area (Å²) in [4.78, 5) is 0. The zero-order valence-corrected chi connectivity index (χ0v) is 11.2. The summed E-state index contributed by atoms with van der Waals surface area (Å²) in [6.45, 7) is 3.81. The zero-order chi connectivity index (χ0) is 12.4. The Balaban J connectivity index is 1.73. The molecule has 0 saturated heterocycles. The maximum atomic E-state index is 5.29. The Labute approximate surface area is 109 Å². The molecule has 2 aliphatic rings. The average Bonchev–Trinajstić information content (AvgIpc) is 2.99. The molecule has 1 unspecified atom stereocenters. The number of nitrogens with one attached hydrogen (secondary N) is 1. The van der Waals surface area contributed by atoms with Gasteiger partial charge >= 0.3 is 0 Å². The summed E-state index contributed by atoms with van der Waals surface area (Å²) in [5, 5.41) is 8.26. The van der Waals surface area contributed by atoms with Crippen molar-refractivity contribution in [2.24, 2.45) is 5.92 Å².